The topological polar surface area (TPSA) is 114 Å². The standard InChI is InChI=1S/C15H12Cl2FN5O2S/c1-26(24,25)12-3-2-7(4-11(12)18)13-9(16)5-8(6-10(13)17)20-15-21-14(19)22-23-15/h2-6H,1H3,(H4,19,20,21,22,23). The van der Waals surface area contributed by atoms with Crippen LogP contribution in [0.4, 0.5) is 22.0 Å². The van der Waals surface area contributed by atoms with E-state index in [0.717, 1.165) is 12.3 Å². The molecule has 0 atom stereocenters. The number of rotatable bonds is 4. The van der Waals surface area contributed by atoms with Gasteiger partial charge in [-0.2, -0.15) is 4.98 Å². The van der Waals surface area contributed by atoms with E-state index >= 15 is 0 Å². The molecule has 0 spiro atoms. The van der Waals surface area contributed by atoms with Crippen molar-refractivity contribution in [2.75, 3.05) is 17.3 Å². The predicted octanol–water partition coefficient (Wildman–Crippen LogP) is 3.65. The van der Waals surface area contributed by atoms with E-state index in [1.54, 1.807) is 12.1 Å². The Kier molecular flexibility index (Phi) is 4.78. The number of nitrogens with two attached hydrogens (primary N) is 1. The van der Waals surface area contributed by atoms with E-state index in [0.29, 0.717) is 16.8 Å². The third-order valence-electron chi connectivity index (χ3n) is 3.42. The second-order valence-electron chi connectivity index (χ2n) is 5.40. The quantitative estimate of drug-likeness (QED) is 0.598. The first kappa shape index (κ1) is 18.4. The number of benzene rings is 2. The van der Waals surface area contributed by atoms with Crippen molar-refractivity contribution < 1.29 is 12.8 Å². The van der Waals surface area contributed by atoms with Gasteiger partial charge in [-0.25, -0.2) is 17.9 Å². The van der Waals surface area contributed by atoms with Crippen LogP contribution in [-0.2, 0) is 9.84 Å². The fourth-order valence-electron chi connectivity index (χ4n) is 2.34. The van der Waals surface area contributed by atoms with Crippen LogP contribution in [0.5, 0.6) is 0 Å². The summed E-state index contributed by atoms with van der Waals surface area (Å²) in [7, 11) is -3.67. The molecule has 11 heteroatoms. The summed E-state index contributed by atoms with van der Waals surface area (Å²) in [6.45, 7) is 0. The number of sulfone groups is 1. The maximum absolute atomic E-state index is 14.2. The van der Waals surface area contributed by atoms with Gasteiger partial charge in [0.05, 0.1) is 10.0 Å². The van der Waals surface area contributed by atoms with E-state index in [1.807, 2.05) is 0 Å². The Hall–Kier alpha value is -2.36. The molecular formula is C15H12Cl2FN5O2S. The molecule has 0 fully saturated rings. The molecule has 0 radical (unpaired) electrons. The number of hydrogen-bond donors (Lipinski definition) is 3. The Labute approximate surface area is 158 Å². The molecule has 26 heavy (non-hydrogen) atoms. The number of aromatic nitrogens is 3. The normalized spacial score (nSPS) is 11.5. The van der Waals surface area contributed by atoms with Crippen LogP contribution in [0.2, 0.25) is 10.0 Å². The summed E-state index contributed by atoms with van der Waals surface area (Å²) in [5.74, 6) is -0.510. The van der Waals surface area contributed by atoms with Gasteiger partial charge in [0.25, 0.3) is 0 Å². The third kappa shape index (κ3) is 3.74. The van der Waals surface area contributed by atoms with Gasteiger partial charge in [0.2, 0.25) is 11.9 Å². The van der Waals surface area contributed by atoms with Crippen molar-refractivity contribution in [3.8, 4) is 11.1 Å². The highest BCUT2D eigenvalue weighted by atomic mass is 35.5. The van der Waals surface area contributed by atoms with Crippen LogP contribution in [0.3, 0.4) is 0 Å². The second-order valence-corrected chi connectivity index (χ2v) is 8.20. The fraction of sp³-hybridized carbons (Fsp3) is 0.0667. The summed E-state index contributed by atoms with van der Waals surface area (Å²) in [4.78, 5) is 3.50. The van der Waals surface area contributed by atoms with Crippen LogP contribution in [0.15, 0.2) is 35.2 Å². The van der Waals surface area contributed by atoms with Crippen molar-refractivity contribution >= 4 is 50.6 Å². The van der Waals surface area contributed by atoms with Crippen LogP contribution in [0.25, 0.3) is 11.1 Å². The van der Waals surface area contributed by atoms with Gasteiger partial charge in [-0.15, -0.1) is 5.10 Å². The molecule has 0 aliphatic carbocycles. The van der Waals surface area contributed by atoms with Gasteiger partial charge in [-0.1, -0.05) is 29.3 Å². The fourth-order valence-corrected chi connectivity index (χ4v) is 3.77. The Morgan fingerprint density at radius 3 is 2.35 bits per heavy atom. The molecule has 0 aliphatic rings. The third-order valence-corrected chi connectivity index (χ3v) is 5.15. The number of H-pyrrole nitrogens is 1. The van der Waals surface area contributed by atoms with Crippen molar-refractivity contribution in [1.29, 1.82) is 0 Å². The Morgan fingerprint density at radius 1 is 1.19 bits per heavy atom. The van der Waals surface area contributed by atoms with E-state index < -0.39 is 20.5 Å². The zero-order valence-corrected chi connectivity index (χ0v) is 15.5. The van der Waals surface area contributed by atoms with Crippen LogP contribution in [-0.4, -0.2) is 29.9 Å². The molecule has 0 saturated heterocycles. The summed E-state index contributed by atoms with van der Waals surface area (Å²) in [6, 6.07) is 6.80. The maximum atomic E-state index is 14.2. The largest absolute Gasteiger partial charge is 0.368 e. The first-order chi connectivity index (χ1) is 12.1. The van der Waals surface area contributed by atoms with E-state index in [4.69, 9.17) is 28.9 Å². The SMILES string of the molecule is CS(=O)(=O)c1ccc(-c2c(Cl)cc(Nc3n[nH]c(N)n3)cc2Cl)cc1F. The molecule has 0 amide bonds. The molecular weight excluding hydrogens is 404 g/mol. The number of nitrogens with zero attached hydrogens (tertiary/aromatic N) is 2. The maximum Gasteiger partial charge on any atom is 0.248 e. The molecule has 4 N–H and O–H groups in total. The van der Waals surface area contributed by atoms with Gasteiger partial charge in [-0.3, -0.25) is 0 Å². The summed E-state index contributed by atoms with van der Waals surface area (Å²) in [6.07, 6.45) is 0.932. The number of anilines is 3. The number of nitrogens with one attached hydrogen (secondary N) is 2. The van der Waals surface area contributed by atoms with Gasteiger partial charge >= 0.3 is 0 Å². The minimum atomic E-state index is -3.67. The van der Waals surface area contributed by atoms with Crippen LogP contribution in [0, 0.1) is 5.82 Å². The number of halogens is 3. The number of nitrogen functional groups attached to an aromatic ring is 1. The van der Waals surface area contributed by atoms with Crippen molar-refractivity contribution in [2.45, 2.75) is 4.90 Å². The summed E-state index contributed by atoms with van der Waals surface area (Å²) >= 11 is 12.6. The summed E-state index contributed by atoms with van der Waals surface area (Å²) in [5, 5.41) is 9.64. The second kappa shape index (κ2) is 6.75. The smallest absolute Gasteiger partial charge is 0.248 e. The van der Waals surface area contributed by atoms with Crippen molar-refractivity contribution in [3.63, 3.8) is 0 Å². The molecule has 7 nitrogen and oxygen atoms in total. The highest BCUT2D eigenvalue weighted by Gasteiger charge is 2.17. The number of aromatic amines is 1. The molecule has 1 aromatic heterocycles. The van der Waals surface area contributed by atoms with Gasteiger partial charge in [-0.05, 0) is 29.8 Å². The van der Waals surface area contributed by atoms with Crippen LogP contribution >= 0.6 is 23.2 Å². The lowest BCUT2D eigenvalue weighted by Gasteiger charge is -2.11. The highest BCUT2D eigenvalue weighted by Crippen LogP contribution is 2.38. The lowest BCUT2D eigenvalue weighted by molar-refractivity contribution is 0.571. The molecule has 136 valence electrons. The molecule has 0 unspecified atom stereocenters. The Balaban J connectivity index is 2.00. The number of hydrogen-bond acceptors (Lipinski definition) is 6. The van der Waals surface area contributed by atoms with Gasteiger partial charge in [0, 0.05) is 17.5 Å². The molecule has 2 aromatic carbocycles. The molecule has 0 saturated carbocycles. The van der Waals surface area contributed by atoms with Crippen LogP contribution < -0.4 is 11.1 Å². The van der Waals surface area contributed by atoms with E-state index in [2.05, 4.69) is 20.5 Å². The zero-order valence-electron chi connectivity index (χ0n) is 13.2. The Morgan fingerprint density at radius 2 is 1.85 bits per heavy atom. The molecule has 0 bridgehead atoms. The van der Waals surface area contributed by atoms with E-state index in [1.165, 1.54) is 12.1 Å². The molecule has 0 aliphatic heterocycles. The average Bonchev–Trinajstić information content (AvgIpc) is 2.90. The minimum Gasteiger partial charge on any atom is -0.368 e. The lowest BCUT2D eigenvalue weighted by atomic mass is 10.0. The monoisotopic (exact) mass is 415 g/mol. The van der Waals surface area contributed by atoms with Crippen molar-refractivity contribution in [2.24, 2.45) is 0 Å². The van der Waals surface area contributed by atoms with Gasteiger partial charge in [0.15, 0.2) is 9.84 Å². The summed E-state index contributed by atoms with van der Waals surface area (Å²) < 4.78 is 37.2. The average molecular weight is 416 g/mol. The van der Waals surface area contributed by atoms with E-state index in [-0.39, 0.29) is 21.9 Å². The Bertz CT molecular complexity index is 1080. The molecule has 3 aromatic rings. The minimum absolute atomic E-state index is 0.141. The first-order valence-corrected chi connectivity index (χ1v) is 9.74. The zero-order chi connectivity index (χ0) is 19.1. The van der Waals surface area contributed by atoms with E-state index in [9.17, 15) is 12.8 Å². The molecule has 3 rings (SSSR count). The summed E-state index contributed by atoms with van der Waals surface area (Å²) in [5.41, 5.74) is 6.66. The lowest BCUT2D eigenvalue weighted by Crippen LogP contribution is -2.01. The van der Waals surface area contributed by atoms with Crippen molar-refractivity contribution in [3.05, 3.63) is 46.2 Å². The van der Waals surface area contributed by atoms with Crippen LogP contribution in [0.1, 0.15) is 0 Å². The molecule has 1 heterocycles. The van der Waals surface area contributed by atoms with Gasteiger partial charge in [0.1, 0.15) is 10.7 Å². The predicted molar refractivity (Wildman–Crippen MR) is 99.0 cm³/mol. The van der Waals surface area contributed by atoms with Crippen molar-refractivity contribution in [1.82, 2.24) is 15.2 Å². The van der Waals surface area contributed by atoms with Gasteiger partial charge < -0.3 is 11.1 Å². The highest BCUT2D eigenvalue weighted by molar-refractivity contribution is 7.90. The first-order valence-electron chi connectivity index (χ1n) is 7.09.